The molecule has 2 aromatic rings. The number of benzene rings is 2. The Kier molecular flexibility index (Phi) is 8.41. The third-order valence-electron chi connectivity index (χ3n) is 4.93. The molecule has 2 aromatic carbocycles. The average molecular weight is 444 g/mol. The van der Waals surface area contributed by atoms with E-state index in [9.17, 15) is 18.0 Å². The van der Waals surface area contributed by atoms with Crippen LogP contribution in [0.1, 0.15) is 59.8 Å². The lowest BCUT2D eigenvalue weighted by Gasteiger charge is -2.12. The first-order chi connectivity index (χ1) is 15.0. The monoisotopic (exact) mass is 444 g/mol. The van der Waals surface area contributed by atoms with Gasteiger partial charge in [-0.3, -0.25) is 4.79 Å². The van der Waals surface area contributed by atoms with Crippen molar-refractivity contribution in [3.63, 3.8) is 0 Å². The van der Waals surface area contributed by atoms with Gasteiger partial charge >= 0.3 is 6.18 Å². The molecule has 0 aliphatic heterocycles. The van der Waals surface area contributed by atoms with Gasteiger partial charge in [0.15, 0.2) is 5.78 Å². The van der Waals surface area contributed by atoms with Crippen LogP contribution in [-0.4, -0.2) is 11.5 Å². The number of nitrogens with zero attached hydrogens (tertiary/aromatic N) is 1. The summed E-state index contributed by atoms with van der Waals surface area (Å²) in [6, 6.07) is 10.2. The SMILES string of the molecule is CC/C=C(/C)c1cccc(C)c1CO/N=C(C)/C(N)=C/C(=O)c1cccc(C(F)(F)F)c1. The lowest BCUT2D eigenvalue weighted by molar-refractivity contribution is -0.137. The average Bonchev–Trinajstić information content (AvgIpc) is 2.74. The van der Waals surface area contributed by atoms with E-state index in [1.165, 1.54) is 12.1 Å². The smallest absolute Gasteiger partial charge is 0.397 e. The minimum atomic E-state index is -4.53. The number of hydrogen-bond acceptors (Lipinski definition) is 4. The van der Waals surface area contributed by atoms with Gasteiger partial charge in [-0.25, -0.2) is 0 Å². The fourth-order valence-corrected chi connectivity index (χ4v) is 3.10. The molecule has 0 unspecified atom stereocenters. The summed E-state index contributed by atoms with van der Waals surface area (Å²) >= 11 is 0. The summed E-state index contributed by atoms with van der Waals surface area (Å²) in [6.45, 7) is 7.87. The van der Waals surface area contributed by atoms with Crippen LogP contribution in [-0.2, 0) is 17.6 Å². The van der Waals surface area contributed by atoms with Crippen molar-refractivity contribution in [1.82, 2.24) is 0 Å². The second-order valence-corrected chi connectivity index (χ2v) is 7.39. The standard InChI is InChI=1S/C25H27F3N2O2/c1-5-8-16(2)21-12-6-9-17(3)22(21)15-32-30-18(4)23(29)14-24(31)19-10-7-11-20(13-19)25(26,27)28/h6-14H,5,15,29H2,1-4H3/b16-8-,23-14-,30-18+. The van der Waals surface area contributed by atoms with Gasteiger partial charge in [-0.2, -0.15) is 13.2 Å². The maximum absolute atomic E-state index is 12.9. The number of carbonyl (C=O) groups is 1. The minimum absolute atomic E-state index is 0.0134. The Hall–Kier alpha value is -3.35. The molecule has 0 bridgehead atoms. The number of aryl methyl sites for hydroxylation is 1. The molecule has 4 nitrogen and oxygen atoms in total. The highest BCUT2D eigenvalue weighted by molar-refractivity contribution is 6.10. The highest BCUT2D eigenvalue weighted by Crippen LogP contribution is 2.29. The van der Waals surface area contributed by atoms with Crippen LogP contribution < -0.4 is 5.73 Å². The van der Waals surface area contributed by atoms with Gasteiger partial charge in [-0.1, -0.05) is 48.5 Å². The van der Waals surface area contributed by atoms with Crippen molar-refractivity contribution in [3.05, 3.63) is 88.1 Å². The molecule has 0 aliphatic rings. The summed E-state index contributed by atoms with van der Waals surface area (Å²) < 4.78 is 38.6. The second-order valence-electron chi connectivity index (χ2n) is 7.39. The van der Waals surface area contributed by atoms with Gasteiger partial charge < -0.3 is 10.6 Å². The van der Waals surface area contributed by atoms with E-state index in [1.807, 2.05) is 32.0 Å². The minimum Gasteiger partial charge on any atom is -0.397 e. The number of carbonyl (C=O) groups excluding carboxylic acids is 1. The Balaban J connectivity index is 2.15. The van der Waals surface area contributed by atoms with Gasteiger partial charge in [0.2, 0.25) is 0 Å². The highest BCUT2D eigenvalue weighted by Gasteiger charge is 2.30. The van der Waals surface area contributed by atoms with Crippen LogP contribution in [0, 0.1) is 6.92 Å². The Morgan fingerprint density at radius 3 is 2.50 bits per heavy atom. The van der Waals surface area contributed by atoms with Crippen LogP contribution in [0.3, 0.4) is 0 Å². The lowest BCUT2D eigenvalue weighted by atomic mass is 9.97. The second kappa shape index (κ2) is 10.8. The number of oxime groups is 1. The Morgan fingerprint density at radius 2 is 1.84 bits per heavy atom. The van der Waals surface area contributed by atoms with E-state index in [2.05, 4.69) is 18.2 Å². The van der Waals surface area contributed by atoms with Crippen molar-refractivity contribution in [1.29, 1.82) is 0 Å². The van der Waals surface area contributed by atoms with Gasteiger partial charge in [0.1, 0.15) is 6.61 Å². The van der Waals surface area contributed by atoms with Gasteiger partial charge in [0, 0.05) is 17.2 Å². The predicted molar refractivity (Wildman–Crippen MR) is 121 cm³/mol. The number of alkyl halides is 3. The zero-order chi connectivity index (χ0) is 23.9. The third-order valence-corrected chi connectivity index (χ3v) is 4.93. The molecule has 0 heterocycles. The van der Waals surface area contributed by atoms with Gasteiger partial charge in [-0.05, 0) is 56.0 Å². The number of rotatable bonds is 8. The summed E-state index contributed by atoms with van der Waals surface area (Å²) in [5, 5.41) is 3.98. The highest BCUT2D eigenvalue weighted by atomic mass is 19.4. The van der Waals surface area contributed by atoms with E-state index in [-0.39, 0.29) is 23.6 Å². The molecule has 7 heteroatoms. The lowest BCUT2D eigenvalue weighted by Crippen LogP contribution is -2.12. The summed E-state index contributed by atoms with van der Waals surface area (Å²) in [6.07, 6.45) is -0.438. The first-order valence-electron chi connectivity index (χ1n) is 10.2. The van der Waals surface area contributed by atoms with Crippen molar-refractivity contribution in [2.45, 2.75) is 46.9 Å². The van der Waals surface area contributed by atoms with Crippen LogP contribution in [0.15, 0.2) is 65.5 Å². The van der Waals surface area contributed by atoms with Crippen molar-refractivity contribution in [2.24, 2.45) is 10.9 Å². The van der Waals surface area contributed by atoms with E-state index in [0.717, 1.165) is 46.9 Å². The molecule has 0 saturated carbocycles. The molecule has 170 valence electrons. The third kappa shape index (κ3) is 6.57. The van der Waals surface area contributed by atoms with E-state index in [1.54, 1.807) is 6.92 Å². The van der Waals surface area contributed by atoms with E-state index in [4.69, 9.17) is 10.6 Å². The number of halogens is 3. The quantitative estimate of drug-likeness (QED) is 0.220. The Labute approximate surface area is 186 Å². The zero-order valence-corrected chi connectivity index (χ0v) is 18.6. The van der Waals surface area contributed by atoms with Crippen molar-refractivity contribution < 1.29 is 22.8 Å². The van der Waals surface area contributed by atoms with Crippen LogP contribution in [0.4, 0.5) is 13.2 Å². The molecule has 2 N–H and O–H groups in total. The van der Waals surface area contributed by atoms with Gasteiger partial charge in [0.25, 0.3) is 0 Å². The number of allylic oxidation sites excluding steroid dienone is 4. The summed E-state index contributed by atoms with van der Waals surface area (Å²) in [4.78, 5) is 17.8. The Morgan fingerprint density at radius 1 is 1.16 bits per heavy atom. The molecule has 0 aromatic heterocycles. The van der Waals surface area contributed by atoms with Gasteiger partial charge in [0.05, 0.1) is 17.0 Å². The first-order valence-corrected chi connectivity index (χ1v) is 10.2. The molecule has 0 atom stereocenters. The fraction of sp³-hybridized carbons (Fsp3) is 0.280. The normalized spacial score (nSPS) is 13.3. The molecule has 2 rings (SSSR count). The number of hydrogen-bond donors (Lipinski definition) is 1. The molecule has 0 radical (unpaired) electrons. The molecule has 0 aliphatic carbocycles. The van der Waals surface area contributed by atoms with E-state index < -0.39 is 17.5 Å². The van der Waals surface area contributed by atoms with Crippen molar-refractivity contribution in [3.8, 4) is 0 Å². The van der Waals surface area contributed by atoms with Crippen LogP contribution in [0.25, 0.3) is 5.57 Å². The molecular formula is C25H27F3N2O2. The first kappa shape index (κ1) is 24.9. The number of nitrogens with two attached hydrogens (primary N) is 1. The topological polar surface area (TPSA) is 64.7 Å². The Bertz CT molecular complexity index is 1070. The molecule has 0 amide bonds. The molecule has 0 saturated heterocycles. The summed E-state index contributed by atoms with van der Waals surface area (Å²) in [7, 11) is 0. The molecule has 0 fully saturated rings. The van der Waals surface area contributed by atoms with Crippen molar-refractivity contribution in [2.75, 3.05) is 0 Å². The summed E-state index contributed by atoms with van der Waals surface area (Å²) in [5.41, 5.74) is 9.42. The van der Waals surface area contributed by atoms with Crippen molar-refractivity contribution >= 4 is 17.1 Å². The maximum Gasteiger partial charge on any atom is 0.416 e. The largest absolute Gasteiger partial charge is 0.416 e. The summed E-state index contributed by atoms with van der Waals surface area (Å²) in [5.74, 6) is -0.648. The van der Waals surface area contributed by atoms with Crippen LogP contribution >= 0.6 is 0 Å². The zero-order valence-electron chi connectivity index (χ0n) is 18.6. The number of ketones is 1. The molecular weight excluding hydrogens is 417 g/mol. The predicted octanol–water partition coefficient (Wildman–Crippen LogP) is 6.45. The molecule has 32 heavy (non-hydrogen) atoms. The van der Waals surface area contributed by atoms with E-state index >= 15 is 0 Å². The van der Waals surface area contributed by atoms with Crippen LogP contribution in [0.5, 0.6) is 0 Å². The molecule has 0 spiro atoms. The maximum atomic E-state index is 12.9. The van der Waals surface area contributed by atoms with Crippen LogP contribution in [0.2, 0.25) is 0 Å². The fourth-order valence-electron chi connectivity index (χ4n) is 3.10. The van der Waals surface area contributed by atoms with Gasteiger partial charge in [-0.15, -0.1) is 0 Å². The van der Waals surface area contributed by atoms with E-state index in [0.29, 0.717) is 0 Å².